The molecule has 1 N–H and O–H groups in total. The number of pyridine rings is 1. The molecule has 4 rings (SSSR count). The van der Waals surface area contributed by atoms with Gasteiger partial charge in [0.05, 0.1) is 22.7 Å². The van der Waals surface area contributed by atoms with E-state index in [9.17, 15) is 4.79 Å². The number of halogens is 1. The van der Waals surface area contributed by atoms with Crippen molar-refractivity contribution in [2.24, 2.45) is 4.99 Å². The van der Waals surface area contributed by atoms with Crippen LogP contribution in [0.4, 0.5) is 0 Å². The van der Waals surface area contributed by atoms with Crippen molar-refractivity contribution in [3.05, 3.63) is 55.9 Å². The van der Waals surface area contributed by atoms with Gasteiger partial charge in [-0.15, -0.1) is 0 Å². The van der Waals surface area contributed by atoms with E-state index in [0.717, 1.165) is 72.6 Å². The maximum Gasteiger partial charge on any atom is 0.255 e. The minimum Gasteiger partial charge on any atom is -0.305 e. The number of aromatic nitrogens is 3. The number of nitrogens with zero attached hydrogens (tertiary/aromatic N) is 4. The van der Waals surface area contributed by atoms with Crippen LogP contribution in [0.2, 0.25) is 0 Å². The molecule has 25 heavy (non-hydrogen) atoms. The lowest BCUT2D eigenvalue weighted by Gasteiger charge is -2.27. The second-order valence-corrected chi connectivity index (χ2v) is 7.35. The number of hydrogen-bond acceptors (Lipinski definition) is 5. The van der Waals surface area contributed by atoms with Gasteiger partial charge in [-0.3, -0.25) is 14.7 Å². The van der Waals surface area contributed by atoms with Gasteiger partial charge in [0, 0.05) is 32.6 Å². The van der Waals surface area contributed by atoms with E-state index < -0.39 is 0 Å². The van der Waals surface area contributed by atoms with Crippen LogP contribution >= 0.6 is 15.9 Å². The van der Waals surface area contributed by atoms with Gasteiger partial charge in [-0.25, -0.2) is 9.97 Å². The van der Waals surface area contributed by atoms with Gasteiger partial charge in [0.2, 0.25) is 0 Å². The summed E-state index contributed by atoms with van der Waals surface area (Å²) in [6.45, 7) is 3.05. The third-order valence-corrected chi connectivity index (χ3v) is 5.15. The average Bonchev–Trinajstić information content (AvgIpc) is 2.63. The molecule has 0 saturated carbocycles. The summed E-state index contributed by atoms with van der Waals surface area (Å²) >= 11 is 3.40. The zero-order valence-corrected chi connectivity index (χ0v) is 15.5. The predicted octanol–water partition coefficient (Wildman–Crippen LogP) is 2.46. The molecule has 0 aliphatic carbocycles. The summed E-state index contributed by atoms with van der Waals surface area (Å²) in [5.74, 6) is 0.672. The molecule has 0 atom stereocenters. The molecule has 2 aromatic rings. The van der Waals surface area contributed by atoms with Crippen molar-refractivity contribution in [2.45, 2.75) is 38.8 Å². The maximum atomic E-state index is 12.6. The van der Waals surface area contributed by atoms with Gasteiger partial charge in [0.1, 0.15) is 4.60 Å². The minimum atomic E-state index is -0.0276. The van der Waals surface area contributed by atoms with Crippen LogP contribution < -0.4 is 5.56 Å². The first kappa shape index (κ1) is 16.6. The first-order chi connectivity index (χ1) is 12.2. The fourth-order valence-electron chi connectivity index (χ4n) is 3.41. The van der Waals surface area contributed by atoms with Gasteiger partial charge in [-0.05, 0) is 47.3 Å². The van der Waals surface area contributed by atoms with E-state index in [1.54, 1.807) is 0 Å². The number of nitrogens with one attached hydrogen (secondary N) is 1. The lowest BCUT2D eigenvalue weighted by Crippen LogP contribution is -2.36. The van der Waals surface area contributed by atoms with Gasteiger partial charge in [0.15, 0.2) is 5.82 Å². The highest BCUT2D eigenvalue weighted by Gasteiger charge is 2.23. The molecule has 0 fully saturated rings. The van der Waals surface area contributed by atoms with Gasteiger partial charge in [0.25, 0.3) is 5.56 Å². The third-order valence-electron chi connectivity index (χ3n) is 4.70. The van der Waals surface area contributed by atoms with Crippen molar-refractivity contribution < 1.29 is 0 Å². The minimum absolute atomic E-state index is 0.0276. The summed E-state index contributed by atoms with van der Waals surface area (Å²) in [7, 11) is 0. The molecule has 0 spiro atoms. The summed E-state index contributed by atoms with van der Waals surface area (Å²) in [5, 5.41) is 0. The molecule has 0 unspecified atom stereocenters. The number of rotatable bonds is 3. The van der Waals surface area contributed by atoms with Gasteiger partial charge >= 0.3 is 0 Å². The number of fused-ring (bicyclic) bond motifs is 1. The van der Waals surface area contributed by atoms with Crippen LogP contribution in [-0.2, 0) is 19.5 Å². The number of aromatic amines is 1. The van der Waals surface area contributed by atoms with Crippen molar-refractivity contribution in [3.8, 4) is 0 Å². The average molecular weight is 402 g/mol. The quantitative estimate of drug-likeness (QED) is 0.801. The van der Waals surface area contributed by atoms with E-state index in [4.69, 9.17) is 4.98 Å². The number of H-pyrrole nitrogens is 1. The van der Waals surface area contributed by atoms with Crippen molar-refractivity contribution >= 4 is 21.6 Å². The largest absolute Gasteiger partial charge is 0.305 e. The molecular weight excluding hydrogens is 382 g/mol. The Hall–Kier alpha value is -1.86. The summed E-state index contributed by atoms with van der Waals surface area (Å²) in [6.07, 6.45) is 3.93. The Balaban J connectivity index is 1.55. The van der Waals surface area contributed by atoms with Crippen LogP contribution in [0.1, 0.15) is 42.0 Å². The molecule has 7 heteroatoms. The summed E-state index contributed by atoms with van der Waals surface area (Å²) in [6, 6.07) is 5.90. The van der Waals surface area contributed by atoms with E-state index in [1.165, 1.54) is 0 Å². The van der Waals surface area contributed by atoms with Crippen LogP contribution in [-0.4, -0.2) is 38.7 Å². The first-order valence-electron chi connectivity index (χ1n) is 8.68. The highest BCUT2D eigenvalue weighted by atomic mass is 79.9. The van der Waals surface area contributed by atoms with Gasteiger partial charge in [-0.1, -0.05) is 6.07 Å². The lowest BCUT2D eigenvalue weighted by molar-refractivity contribution is 0.238. The number of aliphatic imine (C=N–C) groups is 1. The Morgan fingerprint density at radius 2 is 2.12 bits per heavy atom. The molecule has 130 valence electrons. The Morgan fingerprint density at radius 1 is 1.20 bits per heavy atom. The Kier molecular flexibility index (Phi) is 4.76. The standard InChI is InChI=1S/C18H20BrN5O/c19-16-6-3-4-12(21-16)10-24-9-7-14-13(11-24)18(25)23-17(22-14)15-5-1-2-8-20-15/h3-4,6H,1-2,5,7-11H2,(H,22,23,25). The fourth-order valence-corrected chi connectivity index (χ4v) is 3.79. The van der Waals surface area contributed by atoms with E-state index in [1.807, 2.05) is 18.2 Å². The highest BCUT2D eigenvalue weighted by molar-refractivity contribution is 9.10. The molecule has 2 aromatic heterocycles. The molecule has 0 saturated heterocycles. The van der Waals surface area contributed by atoms with E-state index in [-0.39, 0.29) is 5.56 Å². The zero-order valence-electron chi connectivity index (χ0n) is 14.0. The van der Waals surface area contributed by atoms with Crippen molar-refractivity contribution in [1.29, 1.82) is 0 Å². The first-order valence-corrected chi connectivity index (χ1v) is 9.48. The molecule has 0 radical (unpaired) electrons. The van der Waals surface area contributed by atoms with E-state index in [0.29, 0.717) is 12.4 Å². The molecule has 0 amide bonds. The summed E-state index contributed by atoms with van der Waals surface area (Å²) < 4.78 is 0.833. The zero-order chi connectivity index (χ0) is 17.2. The highest BCUT2D eigenvalue weighted by Crippen LogP contribution is 2.18. The van der Waals surface area contributed by atoms with E-state index >= 15 is 0 Å². The smallest absolute Gasteiger partial charge is 0.255 e. The van der Waals surface area contributed by atoms with E-state index in [2.05, 4.69) is 35.8 Å². The summed E-state index contributed by atoms with van der Waals surface area (Å²) in [5.41, 5.74) is 3.62. The van der Waals surface area contributed by atoms with Gasteiger partial charge < -0.3 is 4.98 Å². The Labute approximate surface area is 154 Å². The van der Waals surface area contributed by atoms with Crippen molar-refractivity contribution in [2.75, 3.05) is 13.1 Å². The second-order valence-electron chi connectivity index (χ2n) is 6.54. The second kappa shape index (κ2) is 7.17. The lowest BCUT2D eigenvalue weighted by atomic mass is 10.0. The van der Waals surface area contributed by atoms with Crippen molar-refractivity contribution in [3.63, 3.8) is 0 Å². The topological polar surface area (TPSA) is 74.2 Å². The van der Waals surface area contributed by atoms with Crippen LogP contribution in [0.5, 0.6) is 0 Å². The molecular formula is C18H20BrN5O. The molecule has 0 bridgehead atoms. The van der Waals surface area contributed by atoms with Crippen LogP contribution in [0, 0.1) is 0 Å². The maximum absolute atomic E-state index is 12.6. The van der Waals surface area contributed by atoms with Crippen LogP contribution in [0.3, 0.4) is 0 Å². The van der Waals surface area contributed by atoms with Crippen molar-refractivity contribution in [1.82, 2.24) is 19.9 Å². The fraction of sp³-hybridized carbons (Fsp3) is 0.444. The van der Waals surface area contributed by atoms with Crippen LogP contribution in [0.25, 0.3) is 0 Å². The van der Waals surface area contributed by atoms with Gasteiger partial charge in [-0.2, -0.15) is 0 Å². The van der Waals surface area contributed by atoms with Crippen LogP contribution in [0.15, 0.2) is 32.6 Å². The Bertz CT molecular complexity index is 876. The monoisotopic (exact) mass is 401 g/mol. The summed E-state index contributed by atoms with van der Waals surface area (Å²) in [4.78, 5) is 31.5. The molecule has 2 aliphatic heterocycles. The molecule has 4 heterocycles. The third kappa shape index (κ3) is 3.72. The predicted molar refractivity (Wildman–Crippen MR) is 99.9 cm³/mol. The SMILES string of the molecule is O=c1[nH]c(C2=NCCCC2)nc2c1CN(Cc1cccc(Br)n1)CC2. The Morgan fingerprint density at radius 3 is 2.92 bits per heavy atom. The molecule has 2 aliphatic rings. The number of hydrogen-bond donors (Lipinski definition) is 1. The molecule has 6 nitrogen and oxygen atoms in total. The molecule has 0 aromatic carbocycles. The normalized spacial score (nSPS) is 17.9.